The summed E-state index contributed by atoms with van der Waals surface area (Å²) in [5, 5.41) is 50.1. The van der Waals surface area contributed by atoms with Gasteiger partial charge in [0, 0.05) is 32.9 Å². The fourth-order valence-corrected chi connectivity index (χ4v) is 2.15. The summed E-state index contributed by atoms with van der Waals surface area (Å²) in [6.45, 7) is 2.46. The van der Waals surface area contributed by atoms with E-state index in [2.05, 4.69) is 20.9 Å². The fourth-order valence-electron chi connectivity index (χ4n) is 2.05. The van der Waals surface area contributed by atoms with Gasteiger partial charge in [-0.05, 0) is 24.4 Å². The van der Waals surface area contributed by atoms with E-state index in [1.54, 1.807) is 13.2 Å². The predicted molar refractivity (Wildman–Crippen MR) is 114 cm³/mol. The van der Waals surface area contributed by atoms with Crippen molar-refractivity contribution in [1.29, 1.82) is 0 Å². The molecule has 1 aromatic heterocycles. The summed E-state index contributed by atoms with van der Waals surface area (Å²) in [6, 6.07) is 6.79. The number of nitro benzene ring substituents is 3. The molecule has 2 aromatic rings. The zero-order valence-electron chi connectivity index (χ0n) is 16.2. The third-order valence-electron chi connectivity index (χ3n) is 3.51. The Morgan fingerprint density at radius 3 is 2.13 bits per heavy atom. The van der Waals surface area contributed by atoms with Crippen LogP contribution in [0.15, 0.2) is 36.5 Å². The molecule has 1 aromatic carbocycles. The number of hydrogen-bond acceptors (Lipinski definition) is 10. The fraction of sp³-hybridized carbons (Fsp3) is 0.250. The molecule has 166 valence electrons. The quantitative estimate of drug-likeness (QED) is 0.194. The summed E-state index contributed by atoms with van der Waals surface area (Å²) in [4.78, 5) is 32.0. The summed E-state index contributed by atoms with van der Waals surface area (Å²) in [5.74, 6) is -1.21. The van der Waals surface area contributed by atoms with Gasteiger partial charge in [-0.15, -0.1) is 0 Å². The molecule has 0 aliphatic carbocycles. The van der Waals surface area contributed by atoms with Crippen molar-refractivity contribution in [3.63, 3.8) is 0 Å². The molecule has 4 N–H and O–H groups in total. The minimum absolute atomic E-state index is 0.447. The van der Waals surface area contributed by atoms with Gasteiger partial charge in [0.25, 0.3) is 11.4 Å². The Kier molecular flexibility index (Phi) is 10.1. The van der Waals surface area contributed by atoms with E-state index in [4.69, 9.17) is 17.3 Å². The van der Waals surface area contributed by atoms with E-state index in [-0.39, 0.29) is 0 Å². The van der Waals surface area contributed by atoms with Crippen molar-refractivity contribution >= 4 is 34.4 Å². The summed E-state index contributed by atoms with van der Waals surface area (Å²) >= 11 is 4.94. The molecule has 0 fully saturated rings. The zero-order valence-corrected chi connectivity index (χ0v) is 17.0. The highest BCUT2D eigenvalue weighted by atomic mass is 32.1. The molecule has 0 radical (unpaired) electrons. The average molecular weight is 453 g/mol. The minimum atomic E-state index is -1.21. The largest absolute Gasteiger partial charge is 0.497 e. The standard InChI is InChI=1S/C10H16N4S.C6H3N3O7/c1-11-10(15)14-7-6-12-8-9-4-2-3-5-13-9;10-6-4(8(13)14)1-3(7(11)12)2-5(6)9(15)16/h2-5,12H,6-8H2,1H3,(H2,11,14,15);1-2,10H. The molecular formula is C16H19N7O7S. The number of aromatic nitrogens is 1. The number of nitrogens with one attached hydrogen (secondary N) is 3. The molecule has 0 atom stereocenters. The molecule has 0 aliphatic heterocycles. The first kappa shape index (κ1) is 25.1. The van der Waals surface area contributed by atoms with Crippen molar-refractivity contribution < 1.29 is 19.9 Å². The highest BCUT2D eigenvalue weighted by Crippen LogP contribution is 2.38. The van der Waals surface area contributed by atoms with Crippen LogP contribution < -0.4 is 16.0 Å². The van der Waals surface area contributed by atoms with Gasteiger partial charge in [0.15, 0.2) is 5.11 Å². The van der Waals surface area contributed by atoms with Crippen LogP contribution in [0.1, 0.15) is 5.69 Å². The Balaban J connectivity index is 0.000000311. The average Bonchev–Trinajstić information content (AvgIpc) is 2.74. The van der Waals surface area contributed by atoms with Crippen molar-refractivity contribution in [3.8, 4) is 5.75 Å². The maximum absolute atomic E-state index is 10.4. The molecule has 0 bridgehead atoms. The third kappa shape index (κ3) is 8.50. The Labute approximate surface area is 180 Å². The molecular weight excluding hydrogens is 434 g/mol. The molecule has 0 saturated heterocycles. The van der Waals surface area contributed by atoms with Gasteiger partial charge in [-0.2, -0.15) is 0 Å². The van der Waals surface area contributed by atoms with E-state index in [1.165, 1.54) is 0 Å². The maximum atomic E-state index is 10.4. The summed E-state index contributed by atoms with van der Waals surface area (Å²) in [6.07, 6.45) is 1.80. The van der Waals surface area contributed by atoms with Gasteiger partial charge in [0.2, 0.25) is 0 Å². The number of rotatable bonds is 8. The molecule has 15 heteroatoms. The second kappa shape index (κ2) is 12.6. The van der Waals surface area contributed by atoms with Crippen molar-refractivity contribution in [2.45, 2.75) is 6.54 Å². The van der Waals surface area contributed by atoms with Crippen molar-refractivity contribution in [3.05, 3.63) is 72.6 Å². The highest BCUT2D eigenvalue weighted by Gasteiger charge is 2.30. The normalized spacial score (nSPS) is 9.71. The van der Waals surface area contributed by atoms with Crippen LogP contribution in [0.25, 0.3) is 0 Å². The third-order valence-corrected chi connectivity index (χ3v) is 3.85. The van der Waals surface area contributed by atoms with Crippen LogP contribution in [0, 0.1) is 30.3 Å². The van der Waals surface area contributed by atoms with Crippen LogP contribution >= 0.6 is 12.2 Å². The summed E-state index contributed by atoms with van der Waals surface area (Å²) in [5.41, 5.74) is -1.95. The molecule has 2 rings (SSSR count). The Morgan fingerprint density at radius 2 is 1.68 bits per heavy atom. The summed E-state index contributed by atoms with van der Waals surface area (Å²) < 4.78 is 0. The SMILES string of the molecule is CNC(=S)NCCNCc1ccccn1.O=[N+]([O-])c1cc([N+](=O)[O-])c(O)c([N+](=O)[O-])c1. The lowest BCUT2D eigenvalue weighted by Gasteiger charge is -2.07. The number of nitrogens with zero attached hydrogens (tertiary/aromatic N) is 4. The molecule has 31 heavy (non-hydrogen) atoms. The number of non-ortho nitro benzene ring substituents is 1. The molecule has 1 heterocycles. The summed E-state index contributed by atoms with van der Waals surface area (Å²) in [7, 11) is 1.80. The smallest absolute Gasteiger partial charge is 0.324 e. The van der Waals surface area contributed by atoms with E-state index >= 15 is 0 Å². The number of hydrogen-bond donors (Lipinski definition) is 4. The van der Waals surface area contributed by atoms with Gasteiger partial charge in [-0.25, -0.2) is 0 Å². The van der Waals surface area contributed by atoms with Gasteiger partial charge in [-0.3, -0.25) is 35.3 Å². The first-order chi connectivity index (χ1) is 14.7. The van der Waals surface area contributed by atoms with Gasteiger partial charge in [0.1, 0.15) is 0 Å². The second-order valence-corrected chi connectivity index (χ2v) is 6.02. The lowest BCUT2D eigenvalue weighted by atomic mass is 10.2. The lowest BCUT2D eigenvalue weighted by Crippen LogP contribution is -2.37. The van der Waals surface area contributed by atoms with Crippen LogP contribution in [0.4, 0.5) is 17.1 Å². The number of aromatic hydroxyl groups is 1. The van der Waals surface area contributed by atoms with Gasteiger partial charge >= 0.3 is 11.4 Å². The van der Waals surface area contributed by atoms with Gasteiger partial charge in [0.05, 0.1) is 32.6 Å². The number of pyridine rings is 1. The van der Waals surface area contributed by atoms with Crippen LogP contribution in [-0.4, -0.2) is 50.1 Å². The van der Waals surface area contributed by atoms with E-state index in [0.717, 1.165) is 25.3 Å². The minimum Gasteiger partial charge on any atom is -0.497 e. The van der Waals surface area contributed by atoms with Crippen molar-refractivity contribution in [2.24, 2.45) is 0 Å². The van der Waals surface area contributed by atoms with E-state index in [0.29, 0.717) is 17.2 Å². The van der Waals surface area contributed by atoms with Crippen LogP contribution in [0.2, 0.25) is 0 Å². The Morgan fingerprint density at radius 1 is 1.06 bits per heavy atom. The molecule has 0 aliphatic rings. The zero-order chi connectivity index (χ0) is 23.4. The van der Waals surface area contributed by atoms with Gasteiger partial charge < -0.3 is 21.1 Å². The molecule has 0 saturated carbocycles. The molecule has 0 spiro atoms. The van der Waals surface area contributed by atoms with Crippen LogP contribution in [0.3, 0.4) is 0 Å². The molecule has 14 nitrogen and oxygen atoms in total. The predicted octanol–water partition coefficient (Wildman–Crippen LogP) is 1.38. The Bertz CT molecular complexity index is 908. The molecule has 0 amide bonds. The van der Waals surface area contributed by atoms with E-state index in [1.807, 2.05) is 18.2 Å². The number of nitro groups is 3. The number of phenols is 1. The maximum Gasteiger partial charge on any atom is 0.324 e. The topological polar surface area (TPSA) is 199 Å². The highest BCUT2D eigenvalue weighted by molar-refractivity contribution is 7.80. The Hall–Kier alpha value is -3.98. The lowest BCUT2D eigenvalue weighted by molar-refractivity contribution is -0.404. The van der Waals surface area contributed by atoms with Crippen LogP contribution in [0.5, 0.6) is 5.75 Å². The van der Waals surface area contributed by atoms with Crippen molar-refractivity contribution in [2.75, 3.05) is 20.1 Å². The first-order valence-electron chi connectivity index (χ1n) is 8.53. The van der Waals surface area contributed by atoms with Crippen molar-refractivity contribution in [1.82, 2.24) is 20.9 Å². The van der Waals surface area contributed by atoms with Gasteiger partial charge in [-0.1, -0.05) is 6.07 Å². The first-order valence-corrected chi connectivity index (χ1v) is 8.94. The number of phenolic OH excluding ortho intramolecular Hbond substituents is 1. The van der Waals surface area contributed by atoms with Crippen LogP contribution in [-0.2, 0) is 6.54 Å². The second-order valence-electron chi connectivity index (χ2n) is 5.61. The number of benzene rings is 1. The molecule has 0 unspecified atom stereocenters. The van der Waals surface area contributed by atoms with E-state index in [9.17, 15) is 30.3 Å². The van der Waals surface area contributed by atoms with E-state index < -0.39 is 37.6 Å². The monoisotopic (exact) mass is 453 g/mol. The number of thiocarbonyl (C=S) groups is 1.